The van der Waals surface area contributed by atoms with E-state index in [1.807, 2.05) is 12.1 Å². The molecule has 114 valence electrons. The van der Waals surface area contributed by atoms with Gasteiger partial charge in [0.15, 0.2) is 0 Å². The third-order valence-electron chi connectivity index (χ3n) is 3.78. The monoisotopic (exact) mass is 336 g/mol. The molecule has 2 heterocycles. The highest BCUT2D eigenvalue weighted by molar-refractivity contribution is 7.17. The Kier molecular flexibility index (Phi) is 3.80. The van der Waals surface area contributed by atoms with Crippen LogP contribution in [0.5, 0.6) is 0 Å². The molecule has 0 spiro atoms. The molecule has 1 aromatic carbocycles. The average molecular weight is 337 g/mol. The van der Waals surface area contributed by atoms with E-state index in [1.54, 1.807) is 24.3 Å². The van der Waals surface area contributed by atoms with Gasteiger partial charge < -0.3 is 15.7 Å². The summed E-state index contributed by atoms with van der Waals surface area (Å²) in [4.78, 5) is 24.4. The van der Waals surface area contributed by atoms with Gasteiger partial charge in [0.25, 0.3) is 5.91 Å². The van der Waals surface area contributed by atoms with E-state index in [2.05, 4.69) is 10.6 Å². The Morgan fingerprint density at radius 3 is 2.77 bits per heavy atom. The molecule has 0 bridgehead atoms. The summed E-state index contributed by atoms with van der Waals surface area (Å²) in [5.74, 6) is -1.28. The normalized spacial score (nSPS) is 19.3. The van der Waals surface area contributed by atoms with Crippen molar-refractivity contribution < 1.29 is 14.7 Å². The minimum atomic E-state index is -1.16. The van der Waals surface area contributed by atoms with Gasteiger partial charge >= 0.3 is 5.97 Å². The smallest absolute Gasteiger partial charge is 0.317 e. The molecule has 1 unspecified atom stereocenters. The predicted octanol–water partition coefficient (Wildman–Crippen LogP) is 2.58. The SMILES string of the molecule is O=C(NCC1(C(=O)O)CNc2ccccc21)c1ccc(Cl)s1. The molecule has 22 heavy (non-hydrogen) atoms. The first-order valence-corrected chi connectivity index (χ1v) is 7.83. The molecule has 1 atom stereocenters. The molecule has 0 fully saturated rings. The molecule has 1 aromatic heterocycles. The lowest BCUT2D eigenvalue weighted by molar-refractivity contribution is -0.142. The van der Waals surface area contributed by atoms with Crippen LogP contribution in [0.3, 0.4) is 0 Å². The van der Waals surface area contributed by atoms with Crippen molar-refractivity contribution in [1.82, 2.24) is 5.32 Å². The first-order chi connectivity index (χ1) is 10.5. The Morgan fingerprint density at radius 1 is 1.32 bits per heavy atom. The first-order valence-electron chi connectivity index (χ1n) is 6.63. The van der Waals surface area contributed by atoms with Crippen LogP contribution in [0.15, 0.2) is 36.4 Å². The van der Waals surface area contributed by atoms with Crippen molar-refractivity contribution in [2.24, 2.45) is 0 Å². The molecule has 2 aromatic rings. The second-order valence-electron chi connectivity index (χ2n) is 5.07. The highest BCUT2D eigenvalue weighted by Gasteiger charge is 2.46. The van der Waals surface area contributed by atoms with Gasteiger partial charge in [-0.15, -0.1) is 11.3 Å². The molecule has 0 saturated heterocycles. The molecule has 1 aliphatic heterocycles. The van der Waals surface area contributed by atoms with Crippen molar-refractivity contribution in [3.63, 3.8) is 0 Å². The molecule has 3 rings (SSSR count). The minimum Gasteiger partial charge on any atom is -0.480 e. The molecule has 0 saturated carbocycles. The number of benzene rings is 1. The quantitative estimate of drug-likeness (QED) is 0.802. The number of carboxylic acids is 1. The summed E-state index contributed by atoms with van der Waals surface area (Å²) in [5.41, 5.74) is 0.318. The van der Waals surface area contributed by atoms with E-state index in [0.29, 0.717) is 14.8 Å². The number of amides is 1. The van der Waals surface area contributed by atoms with Gasteiger partial charge in [-0.2, -0.15) is 0 Å². The lowest BCUT2D eigenvalue weighted by atomic mass is 9.82. The summed E-state index contributed by atoms with van der Waals surface area (Å²) in [6.07, 6.45) is 0. The zero-order chi connectivity index (χ0) is 15.7. The number of aliphatic carboxylic acids is 1. The first kappa shape index (κ1) is 14.9. The second-order valence-corrected chi connectivity index (χ2v) is 6.79. The van der Waals surface area contributed by atoms with E-state index in [-0.39, 0.29) is 19.0 Å². The minimum absolute atomic E-state index is 0.0146. The maximum Gasteiger partial charge on any atom is 0.317 e. The Hall–Kier alpha value is -2.05. The van der Waals surface area contributed by atoms with Crippen molar-refractivity contribution in [2.45, 2.75) is 5.41 Å². The number of nitrogens with one attached hydrogen (secondary N) is 2. The van der Waals surface area contributed by atoms with Gasteiger partial charge in [0.2, 0.25) is 0 Å². The van der Waals surface area contributed by atoms with E-state index >= 15 is 0 Å². The summed E-state index contributed by atoms with van der Waals surface area (Å²) >= 11 is 6.97. The number of carboxylic acid groups (broad SMARTS) is 1. The number of para-hydroxylation sites is 1. The van der Waals surface area contributed by atoms with Crippen LogP contribution >= 0.6 is 22.9 Å². The lowest BCUT2D eigenvalue weighted by Gasteiger charge is -2.24. The topological polar surface area (TPSA) is 78.4 Å². The molecule has 3 N–H and O–H groups in total. The van der Waals surface area contributed by atoms with Crippen LogP contribution in [-0.2, 0) is 10.2 Å². The van der Waals surface area contributed by atoms with Crippen LogP contribution < -0.4 is 10.6 Å². The lowest BCUT2D eigenvalue weighted by Crippen LogP contribution is -2.48. The van der Waals surface area contributed by atoms with Crippen LogP contribution in [0.4, 0.5) is 5.69 Å². The molecule has 1 amide bonds. The molecular weight excluding hydrogens is 324 g/mol. The number of halogens is 1. The third kappa shape index (κ3) is 2.44. The molecular formula is C15H13ClN2O3S. The zero-order valence-electron chi connectivity index (χ0n) is 11.4. The number of hydrogen-bond acceptors (Lipinski definition) is 4. The van der Waals surface area contributed by atoms with Crippen molar-refractivity contribution in [1.29, 1.82) is 0 Å². The summed E-state index contributed by atoms with van der Waals surface area (Å²) in [5, 5.41) is 15.5. The van der Waals surface area contributed by atoms with Gasteiger partial charge in [-0.1, -0.05) is 29.8 Å². The maximum absolute atomic E-state index is 12.1. The Labute approximate surface area is 135 Å². The Balaban J connectivity index is 1.82. The number of thiophene rings is 1. The van der Waals surface area contributed by atoms with Crippen LogP contribution in [0, 0.1) is 0 Å². The number of hydrogen-bond donors (Lipinski definition) is 3. The van der Waals surface area contributed by atoms with Crippen LogP contribution in [0.2, 0.25) is 4.34 Å². The van der Waals surface area contributed by atoms with E-state index in [9.17, 15) is 14.7 Å². The number of carbonyl (C=O) groups excluding carboxylic acids is 1. The van der Waals surface area contributed by atoms with Crippen molar-refractivity contribution >= 4 is 40.5 Å². The number of anilines is 1. The summed E-state index contributed by atoms with van der Waals surface area (Å²) in [7, 11) is 0. The summed E-state index contributed by atoms with van der Waals surface area (Å²) in [6, 6.07) is 10.5. The third-order valence-corrected chi connectivity index (χ3v) is 5.01. The molecule has 0 aliphatic carbocycles. The fourth-order valence-electron chi connectivity index (χ4n) is 2.57. The van der Waals surface area contributed by atoms with Gasteiger partial charge in [0.05, 0.1) is 9.21 Å². The molecule has 7 heteroatoms. The van der Waals surface area contributed by atoms with Crippen molar-refractivity contribution in [3.8, 4) is 0 Å². The Morgan fingerprint density at radius 2 is 2.09 bits per heavy atom. The van der Waals surface area contributed by atoms with Crippen LogP contribution in [0.25, 0.3) is 0 Å². The van der Waals surface area contributed by atoms with E-state index in [1.165, 1.54) is 0 Å². The molecule has 0 radical (unpaired) electrons. The Bertz CT molecular complexity index is 746. The predicted molar refractivity (Wildman–Crippen MR) is 85.9 cm³/mol. The van der Waals surface area contributed by atoms with Gasteiger partial charge in [-0.05, 0) is 23.8 Å². The van der Waals surface area contributed by atoms with E-state index < -0.39 is 11.4 Å². The highest BCUT2D eigenvalue weighted by Crippen LogP contribution is 2.36. The van der Waals surface area contributed by atoms with Crippen molar-refractivity contribution in [2.75, 3.05) is 18.4 Å². The fourth-order valence-corrected chi connectivity index (χ4v) is 3.53. The number of carbonyl (C=O) groups is 2. The van der Waals surface area contributed by atoms with Gasteiger partial charge in [0, 0.05) is 18.8 Å². The largest absolute Gasteiger partial charge is 0.480 e. The maximum atomic E-state index is 12.1. The standard InChI is InChI=1S/C15H13ClN2O3S/c16-12-6-5-11(22-12)13(19)18-8-15(14(20)21)7-17-10-4-2-1-3-9(10)15/h1-6,17H,7-8H2,(H,18,19)(H,20,21). The highest BCUT2D eigenvalue weighted by atomic mass is 35.5. The average Bonchev–Trinajstić information content (AvgIpc) is 3.10. The zero-order valence-corrected chi connectivity index (χ0v) is 13.0. The van der Waals surface area contributed by atoms with Crippen LogP contribution in [0.1, 0.15) is 15.2 Å². The summed E-state index contributed by atoms with van der Waals surface area (Å²) < 4.78 is 0.519. The summed E-state index contributed by atoms with van der Waals surface area (Å²) in [6.45, 7) is 0.258. The van der Waals surface area contributed by atoms with E-state index in [0.717, 1.165) is 17.0 Å². The van der Waals surface area contributed by atoms with Gasteiger partial charge in [-0.3, -0.25) is 9.59 Å². The fraction of sp³-hybridized carbons (Fsp3) is 0.200. The number of fused-ring (bicyclic) bond motifs is 1. The second kappa shape index (κ2) is 5.62. The molecule has 1 aliphatic rings. The van der Waals surface area contributed by atoms with E-state index in [4.69, 9.17) is 11.6 Å². The molecule has 5 nitrogen and oxygen atoms in total. The van der Waals surface area contributed by atoms with Gasteiger partial charge in [0.1, 0.15) is 5.41 Å². The van der Waals surface area contributed by atoms with Crippen LogP contribution in [-0.4, -0.2) is 30.1 Å². The van der Waals surface area contributed by atoms with Crippen molar-refractivity contribution in [3.05, 3.63) is 51.2 Å². The van der Waals surface area contributed by atoms with Gasteiger partial charge in [-0.25, -0.2) is 0 Å². The number of rotatable bonds is 4.